The number of pyridine rings is 2. The maximum atomic E-state index is 12.7. The van der Waals surface area contributed by atoms with Gasteiger partial charge < -0.3 is 10.1 Å². The van der Waals surface area contributed by atoms with Crippen molar-refractivity contribution < 1.29 is 14.3 Å². The third kappa shape index (κ3) is 3.86. The molecule has 3 amide bonds. The minimum atomic E-state index is -0.304. The molecule has 0 saturated carbocycles. The average molecular weight is 389 g/mol. The van der Waals surface area contributed by atoms with Gasteiger partial charge in [0.1, 0.15) is 5.82 Å². The van der Waals surface area contributed by atoms with Crippen LogP contribution in [0.15, 0.2) is 67.0 Å². The summed E-state index contributed by atoms with van der Waals surface area (Å²) in [6, 6.07) is 16.1. The van der Waals surface area contributed by atoms with Gasteiger partial charge in [-0.15, -0.1) is 0 Å². The summed E-state index contributed by atoms with van der Waals surface area (Å²) in [7, 11) is 1.51. The van der Waals surface area contributed by atoms with Crippen molar-refractivity contribution in [3.8, 4) is 5.88 Å². The first kappa shape index (κ1) is 18.4. The van der Waals surface area contributed by atoms with Crippen LogP contribution in [0.4, 0.5) is 22.0 Å². The maximum absolute atomic E-state index is 12.7. The third-order valence-electron chi connectivity index (χ3n) is 4.57. The quantitative estimate of drug-likeness (QED) is 0.724. The lowest BCUT2D eigenvalue weighted by molar-refractivity contribution is 0.102. The molecule has 8 nitrogen and oxygen atoms in total. The second-order valence-electron chi connectivity index (χ2n) is 6.37. The second kappa shape index (κ2) is 7.97. The summed E-state index contributed by atoms with van der Waals surface area (Å²) in [5, 5.41) is 2.76. The summed E-state index contributed by atoms with van der Waals surface area (Å²) in [6.45, 7) is 1.14. The van der Waals surface area contributed by atoms with Crippen molar-refractivity contribution in [2.75, 3.05) is 35.3 Å². The molecular weight excluding hydrogens is 370 g/mol. The molecule has 1 fully saturated rings. The highest BCUT2D eigenvalue weighted by Gasteiger charge is 2.31. The van der Waals surface area contributed by atoms with Crippen LogP contribution in [0.25, 0.3) is 0 Å². The van der Waals surface area contributed by atoms with E-state index in [1.54, 1.807) is 34.1 Å². The highest BCUT2D eigenvalue weighted by Crippen LogP contribution is 2.24. The third-order valence-corrected chi connectivity index (χ3v) is 4.57. The smallest absolute Gasteiger partial charge is 0.330 e. The lowest BCUT2D eigenvalue weighted by Crippen LogP contribution is -2.32. The number of hydrogen-bond acceptors (Lipinski definition) is 5. The van der Waals surface area contributed by atoms with Crippen molar-refractivity contribution in [3.63, 3.8) is 0 Å². The molecule has 1 aliphatic rings. The number of hydrogen-bond donors (Lipinski definition) is 1. The van der Waals surface area contributed by atoms with Crippen LogP contribution in [0.5, 0.6) is 5.88 Å². The summed E-state index contributed by atoms with van der Waals surface area (Å²) < 4.78 is 4.99. The normalized spacial score (nSPS) is 13.5. The Morgan fingerprint density at radius 2 is 1.76 bits per heavy atom. The number of carbonyl (C=O) groups is 2. The van der Waals surface area contributed by atoms with E-state index in [4.69, 9.17) is 4.74 Å². The number of carbonyl (C=O) groups excluding carboxylic acids is 2. The van der Waals surface area contributed by atoms with E-state index in [1.807, 2.05) is 30.3 Å². The van der Waals surface area contributed by atoms with E-state index >= 15 is 0 Å². The molecule has 0 unspecified atom stereocenters. The lowest BCUT2D eigenvalue weighted by Gasteiger charge is -2.18. The van der Waals surface area contributed by atoms with Crippen LogP contribution in [-0.4, -0.2) is 42.1 Å². The predicted octanol–water partition coefficient (Wildman–Crippen LogP) is 3.18. The Labute approximate surface area is 167 Å². The first-order valence-electron chi connectivity index (χ1n) is 9.07. The lowest BCUT2D eigenvalue weighted by atomic mass is 10.2. The summed E-state index contributed by atoms with van der Waals surface area (Å²) >= 11 is 0. The predicted molar refractivity (Wildman–Crippen MR) is 110 cm³/mol. The molecular formula is C21H19N5O3. The summed E-state index contributed by atoms with van der Waals surface area (Å²) in [5.74, 6) is 0.673. The Bertz CT molecular complexity index is 1010. The molecule has 0 radical (unpaired) electrons. The summed E-state index contributed by atoms with van der Waals surface area (Å²) in [6.07, 6.45) is 2.97. The number of nitrogens with one attached hydrogen (secondary N) is 1. The number of anilines is 3. The Hall–Kier alpha value is -3.94. The number of methoxy groups -OCH3 is 1. The Morgan fingerprint density at radius 3 is 2.41 bits per heavy atom. The van der Waals surface area contributed by atoms with E-state index in [9.17, 15) is 9.59 Å². The summed E-state index contributed by atoms with van der Waals surface area (Å²) in [5.41, 5.74) is 1.79. The fourth-order valence-corrected chi connectivity index (χ4v) is 3.06. The number of nitrogens with zero attached hydrogens (tertiary/aromatic N) is 4. The molecule has 1 saturated heterocycles. The van der Waals surface area contributed by atoms with Gasteiger partial charge in [-0.1, -0.05) is 18.2 Å². The largest absolute Gasteiger partial charge is 0.481 e. The number of amides is 3. The summed E-state index contributed by atoms with van der Waals surface area (Å²) in [4.78, 5) is 36.7. The number of ether oxygens (including phenoxy) is 1. The van der Waals surface area contributed by atoms with E-state index in [0.29, 0.717) is 36.0 Å². The van der Waals surface area contributed by atoms with E-state index < -0.39 is 0 Å². The molecule has 0 atom stereocenters. The number of urea groups is 1. The van der Waals surface area contributed by atoms with Gasteiger partial charge >= 0.3 is 6.03 Å². The molecule has 0 aliphatic carbocycles. The zero-order chi connectivity index (χ0) is 20.2. The molecule has 0 bridgehead atoms. The minimum absolute atomic E-state index is 0.121. The van der Waals surface area contributed by atoms with Crippen molar-refractivity contribution in [2.45, 2.75) is 0 Å². The van der Waals surface area contributed by atoms with Crippen molar-refractivity contribution in [3.05, 3.63) is 72.6 Å². The van der Waals surface area contributed by atoms with Crippen LogP contribution in [0, 0.1) is 0 Å². The van der Waals surface area contributed by atoms with Crippen LogP contribution in [0.3, 0.4) is 0 Å². The van der Waals surface area contributed by atoms with E-state index in [2.05, 4.69) is 15.3 Å². The van der Waals surface area contributed by atoms with Crippen LogP contribution in [-0.2, 0) is 0 Å². The average Bonchev–Trinajstić information content (AvgIpc) is 3.16. The fraction of sp³-hybridized carbons (Fsp3) is 0.143. The van der Waals surface area contributed by atoms with Gasteiger partial charge in [0, 0.05) is 31.0 Å². The minimum Gasteiger partial charge on any atom is -0.481 e. The van der Waals surface area contributed by atoms with Crippen LogP contribution >= 0.6 is 0 Å². The van der Waals surface area contributed by atoms with Gasteiger partial charge in [0.2, 0.25) is 5.88 Å². The van der Waals surface area contributed by atoms with Crippen LogP contribution in [0.2, 0.25) is 0 Å². The molecule has 8 heteroatoms. The molecule has 1 N–H and O–H groups in total. The zero-order valence-corrected chi connectivity index (χ0v) is 15.8. The van der Waals surface area contributed by atoms with Gasteiger partial charge in [-0.2, -0.15) is 0 Å². The molecule has 1 aliphatic heterocycles. The van der Waals surface area contributed by atoms with Crippen molar-refractivity contribution >= 4 is 29.1 Å². The number of aromatic nitrogens is 2. The number of para-hydroxylation sites is 1. The van der Waals surface area contributed by atoms with Gasteiger partial charge in [0.15, 0.2) is 0 Å². The molecule has 4 rings (SSSR count). The monoisotopic (exact) mass is 389 g/mol. The molecule has 0 spiro atoms. The maximum Gasteiger partial charge on any atom is 0.330 e. The van der Waals surface area contributed by atoms with Gasteiger partial charge in [-0.05, 0) is 30.3 Å². The van der Waals surface area contributed by atoms with Crippen molar-refractivity contribution in [1.82, 2.24) is 9.97 Å². The van der Waals surface area contributed by atoms with Crippen molar-refractivity contribution in [2.24, 2.45) is 0 Å². The van der Waals surface area contributed by atoms with Gasteiger partial charge in [0.05, 0.1) is 24.6 Å². The van der Waals surface area contributed by atoms with Gasteiger partial charge in [-0.3, -0.25) is 14.6 Å². The van der Waals surface area contributed by atoms with E-state index in [0.717, 1.165) is 5.69 Å². The molecule has 3 heterocycles. The first-order chi connectivity index (χ1) is 14.2. The SMILES string of the molecule is COc1ccc(C(=O)Nc2ccc(N3CCN(c4ccccc4)C3=O)nc2)cn1. The highest BCUT2D eigenvalue weighted by atomic mass is 16.5. The van der Waals surface area contributed by atoms with Gasteiger partial charge in [0.25, 0.3) is 5.91 Å². The van der Waals surface area contributed by atoms with E-state index in [-0.39, 0.29) is 11.9 Å². The number of rotatable bonds is 5. The van der Waals surface area contributed by atoms with Crippen molar-refractivity contribution in [1.29, 1.82) is 0 Å². The molecule has 2 aromatic heterocycles. The standard InChI is InChI=1S/C21H19N5O3/c1-29-19-10-7-15(13-23-19)20(27)24-16-8-9-18(22-14-16)26-12-11-25(21(26)28)17-5-3-2-4-6-17/h2-10,13-14H,11-12H2,1H3,(H,24,27). The number of benzene rings is 1. The van der Waals surface area contributed by atoms with Crippen LogP contribution in [0.1, 0.15) is 10.4 Å². The second-order valence-corrected chi connectivity index (χ2v) is 6.37. The molecule has 3 aromatic rings. The topological polar surface area (TPSA) is 87.7 Å². The van der Waals surface area contributed by atoms with Gasteiger partial charge in [-0.25, -0.2) is 14.8 Å². The molecule has 29 heavy (non-hydrogen) atoms. The van der Waals surface area contributed by atoms with E-state index in [1.165, 1.54) is 19.5 Å². The molecule has 146 valence electrons. The highest BCUT2D eigenvalue weighted by molar-refractivity contribution is 6.06. The Kier molecular flexibility index (Phi) is 5.07. The Balaban J connectivity index is 1.42. The Morgan fingerprint density at radius 1 is 0.966 bits per heavy atom. The first-order valence-corrected chi connectivity index (χ1v) is 9.07. The van der Waals surface area contributed by atoms with Crippen LogP contribution < -0.4 is 19.9 Å². The fourth-order valence-electron chi connectivity index (χ4n) is 3.06. The zero-order valence-electron chi connectivity index (χ0n) is 15.8. The molecule has 1 aromatic carbocycles.